The van der Waals surface area contributed by atoms with Crippen LogP contribution < -0.4 is 0 Å². The average Bonchev–Trinajstić information content (AvgIpc) is 2.28. The summed E-state index contributed by atoms with van der Waals surface area (Å²) >= 11 is 0. The van der Waals surface area contributed by atoms with E-state index in [-0.39, 0.29) is 18.1 Å². The minimum atomic E-state index is -0.284. The molecule has 0 spiro atoms. The first-order chi connectivity index (χ1) is 8.11. The lowest BCUT2D eigenvalue weighted by atomic mass is 10.1. The van der Waals surface area contributed by atoms with Gasteiger partial charge in [0.1, 0.15) is 5.82 Å². The second-order valence-electron chi connectivity index (χ2n) is 4.03. The fourth-order valence-corrected chi connectivity index (χ4v) is 1.54. The molecule has 0 aliphatic rings. The molecule has 4 heteroatoms. The minimum absolute atomic E-state index is 0.0466. The Balaban J connectivity index is 2.33. The van der Waals surface area contributed by atoms with Gasteiger partial charge in [-0.25, -0.2) is 4.39 Å². The normalized spacial score (nSPS) is 10.2. The van der Waals surface area contributed by atoms with E-state index in [1.54, 1.807) is 12.1 Å². The van der Waals surface area contributed by atoms with Gasteiger partial charge in [-0.05, 0) is 24.1 Å². The second kappa shape index (κ2) is 6.89. The molecule has 0 N–H and O–H groups in total. The molecule has 1 aromatic carbocycles. The highest BCUT2D eigenvalue weighted by molar-refractivity contribution is 5.79. The molecule has 0 saturated carbocycles. The van der Waals surface area contributed by atoms with Crippen molar-refractivity contribution >= 4 is 5.78 Å². The largest absolute Gasteiger partial charge is 0.292 e. The fraction of sp³-hybridized carbons (Fsp3) is 0.462. The Morgan fingerprint density at radius 1 is 1.29 bits per heavy atom. The number of hydrogen-bond donors (Lipinski definition) is 0. The van der Waals surface area contributed by atoms with E-state index >= 15 is 0 Å². The summed E-state index contributed by atoms with van der Waals surface area (Å²) in [6.45, 7) is 2.24. The first-order valence-electron chi connectivity index (χ1n) is 5.80. The summed E-state index contributed by atoms with van der Waals surface area (Å²) in [5.41, 5.74) is 0.910. The highest BCUT2D eigenvalue weighted by atomic mass is 19.1. The molecule has 0 atom stereocenters. The number of halogens is 1. The van der Waals surface area contributed by atoms with Crippen LogP contribution in [0.15, 0.2) is 24.3 Å². The maximum Gasteiger partial charge on any atom is 0.249 e. The number of carbonyl (C=O) groups excluding carboxylic acids is 1. The first kappa shape index (κ1) is 13.5. The second-order valence-corrected chi connectivity index (χ2v) is 4.03. The van der Waals surface area contributed by atoms with Crippen molar-refractivity contribution in [2.24, 2.45) is 0 Å². The summed E-state index contributed by atoms with van der Waals surface area (Å²) < 4.78 is 13.4. The lowest BCUT2D eigenvalue weighted by Crippen LogP contribution is -2.19. The smallest absolute Gasteiger partial charge is 0.249 e. The van der Waals surface area contributed by atoms with Gasteiger partial charge in [-0.3, -0.25) is 4.79 Å². The zero-order valence-corrected chi connectivity index (χ0v) is 9.99. The molecular weight excluding hydrogens is 221 g/mol. The van der Waals surface area contributed by atoms with Crippen LogP contribution >= 0.6 is 0 Å². The van der Waals surface area contributed by atoms with Crippen LogP contribution in [-0.4, -0.2) is 23.6 Å². The maximum absolute atomic E-state index is 12.6. The molecule has 0 aromatic heterocycles. The van der Waals surface area contributed by atoms with Gasteiger partial charge in [0.05, 0.1) is 0 Å². The third kappa shape index (κ3) is 5.33. The quantitative estimate of drug-likeness (QED) is 0.684. The Labute approximate surface area is 100 Å². The number of carbonyl (C=O) groups is 1. The van der Waals surface area contributed by atoms with Gasteiger partial charge in [0.2, 0.25) is 12.3 Å². The Hall–Kier alpha value is -1.58. The van der Waals surface area contributed by atoms with Crippen molar-refractivity contribution in [2.75, 3.05) is 13.1 Å². The van der Waals surface area contributed by atoms with Crippen LogP contribution in [0.3, 0.4) is 0 Å². The van der Waals surface area contributed by atoms with Crippen molar-refractivity contribution in [3.05, 3.63) is 40.6 Å². The summed E-state index contributed by atoms with van der Waals surface area (Å²) in [7, 11) is 0. The molecule has 0 heterocycles. The monoisotopic (exact) mass is 238 g/mol. The van der Waals surface area contributed by atoms with Gasteiger partial charge in [-0.15, -0.1) is 0 Å². The van der Waals surface area contributed by atoms with Gasteiger partial charge in [0, 0.05) is 22.5 Å². The lowest BCUT2D eigenvalue weighted by Gasteiger charge is -1.99. The van der Waals surface area contributed by atoms with Crippen LogP contribution in [0.2, 0.25) is 0 Å². The fourth-order valence-electron chi connectivity index (χ4n) is 1.54. The van der Waals surface area contributed by atoms with E-state index in [9.17, 15) is 14.1 Å². The van der Waals surface area contributed by atoms with Gasteiger partial charge in [-0.1, -0.05) is 19.1 Å². The number of Topliss-reactive ketones (excluding diaryl/α,β-unsaturated/α-hetero) is 1. The van der Waals surface area contributed by atoms with Crippen LogP contribution in [-0.2, 0) is 11.2 Å². The predicted octanol–water partition coefficient (Wildman–Crippen LogP) is 2.52. The van der Waals surface area contributed by atoms with Gasteiger partial charge in [-0.2, -0.15) is 0 Å². The van der Waals surface area contributed by atoms with Crippen LogP contribution in [0.1, 0.15) is 25.3 Å². The zero-order chi connectivity index (χ0) is 12.7. The van der Waals surface area contributed by atoms with Crippen LogP contribution in [0.4, 0.5) is 4.39 Å². The lowest BCUT2D eigenvalue weighted by molar-refractivity contribution is -0.537. The summed E-state index contributed by atoms with van der Waals surface area (Å²) in [6, 6.07) is 6.06. The number of ketones is 1. The number of nitroso groups, excluding NO2 is 1. The van der Waals surface area contributed by atoms with Gasteiger partial charge in [0.25, 0.3) is 0 Å². The van der Waals surface area contributed by atoms with Crippen molar-refractivity contribution in [2.45, 2.75) is 26.2 Å². The number of rotatable bonds is 7. The number of hydrogen-bond acceptors (Lipinski definition) is 2. The summed E-state index contributed by atoms with van der Waals surface area (Å²) in [5, 5.41) is 0. The Kier molecular flexibility index (Phi) is 5.46. The molecule has 92 valence electrons. The molecule has 0 aliphatic carbocycles. The molecular formula is C13H17FNO2+. The molecule has 3 nitrogen and oxygen atoms in total. The molecule has 0 aliphatic heterocycles. The molecule has 17 heavy (non-hydrogen) atoms. The summed E-state index contributed by atoms with van der Waals surface area (Å²) in [4.78, 5) is 22.6. The van der Waals surface area contributed by atoms with E-state index < -0.39 is 0 Å². The van der Waals surface area contributed by atoms with Gasteiger partial charge < -0.3 is 0 Å². The van der Waals surface area contributed by atoms with E-state index in [0.29, 0.717) is 19.4 Å². The van der Waals surface area contributed by atoms with Crippen LogP contribution in [0, 0.1) is 10.7 Å². The van der Waals surface area contributed by atoms with Crippen molar-refractivity contribution in [3.63, 3.8) is 0 Å². The van der Waals surface area contributed by atoms with Crippen molar-refractivity contribution < 1.29 is 13.9 Å². The Bertz CT molecular complexity index is 387. The van der Waals surface area contributed by atoms with Crippen molar-refractivity contribution in [1.29, 1.82) is 0 Å². The molecule has 0 unspecified atom stereocenters. The van der Waals surface area contributed by atoms with Gasteiger partial charge in [0.15, 0.2) is 6.54 Å². The van der Waals surface area contributed by atoms with Crippen LogP contribution in [0.5, 0.6) is 0 Å². The molecule has 1 rings (SSSR count). The molecule has 0 amide bonds. The molecule has 0 saturated heterocycles. The van der Waals surface area contributed by atoms with E-state index in [1.165, 1.54) is 12.1 Å². The van der Waals surface area contributed by atoms with E-state index in [4.69, 9.17) is 0 Å². The van der Waals surface area contributed by atoms with Crippen LogP contribution in [0.25, 0.3) is 0 Å². The zero-order valence-electron chi connectivity index (χ0n) is 9.99. The predicted molar refractivity (Wildman–Crippen MR) is 63.4 cm³/mol. The third-order valence-corrected chi connectivity index (χ3v) is 2.43. The Morgan fingerprint density at radius 2 is 1.94 bits per heavy atom. The standard InChI is InChI=1S/C13H17FNO2/c1-2-9-15(17)10-13(16)8-5-11-3-6-12(14)7-4-11/h3-4,6-7H,2,5,8-10H2,1H3/q+1. The summed E-state index contributed by atoms with van der Waals surface area (Å²) in [6.07, 6.45) is 1.63. The van der Waals surface area contributed by atoms with Crippen molar-refractivity contribution in [1.82, 2.24) is 0 Å². The van der Waals surface area contributed by atoms with Crippen molar-refractivity contribution in [3.8, 4) is 0 Å². The molecule has 0 fully saturated rings. The number of nitrogens with zero attached hydrogens (tertiary/aromatic N) is 1. The number of benzene rings is 1. The summed E-state index contributed by atoms with van der Waals surface area (Å²) in [5.74, 6) is -0.355. The van der Waals surface area contributed by atoms with Gasteiger partial charge >= 0.3 is 0 Å². The highest BCUT2D eigenvalue weighted by Crippen LogP contribution is 2.05. The molecule has 1 aromatic rings. The molecule has 0 bridgehead atoms. The highest BCUT2D eigenvalue weighted by Gasteiger charge is 2.13. The van der Waals surface area contributed by atoms with E-state index in [0.717, 1.165) is 16.7 Å². The SMILES string of the molecule is CCC[N+](=O)CC(=O)CCc1ccc(F)cc1. The maximum atomic E-state index is 12.6. The van der Waals surface area contributed by atoms with E-state index in [2.05, 4.69) is 0 Å². The third-order valence-electron chi connectivity index (χ3n) is 2.43. The first-order valence-corrected chi connectivity index (χ1v) is 5.80. The Morgan fingerprint density at radius 3 is 2.53 bits per heavy atom. The molecule has 0 radical (unpaired) electrons. The minimum Gasteiger partial charge on any atom is -0.292 e. The topological polar surface area (TPSA) is 37.1 Å². The number of aryl methyl sites for hydroxylation is 1. The average molecular weight is 238 g/mol. The van der Waals surface area contributed by atoms with E-state index in [1.807, 2.05) is 6.92 Å².